The Labute approximate surface area is 202 Å². The van der Waals surface area contributed by atoms with Gasteiger partial charge in [-0.15, -0.1) is 6.54 Å². The number of hydrogen-bond donors (Lipinski definition) is 0. The van der Waals surface area contributed by atoms with E-state index in [1.54, 1.807) is 12.4 Å². The Hall–Kier alpha value is -2.94. The fourth-order valence-corrected chi connectivity index (χ4v) is 3.58. The molecule has 3 aromatic carbocycles. The van der Waals surface area contributed by atoms with Crippen LogP contribution in [0.3, 0.4) is 0 Å². The molecular formula is C27H24N4Pd. The molecule has 2 aromatic heterocycles. The Kier molecular flexibility index (Phi) is 9.03. The SMILES string of the molecule is [NH-]CC[N-]Cc1c2ccccc2cc2ccccc12.[Pd+2].c1ccc(-c2ccccn2)nc1. The summed E-state index contributed by atoms with van der Waals surface area (Å²) in [6.45, 7) is 1.67. The van der Waals surface area contributed by atoms with E-state index in [0.717, 1.165) is 11.4 Å². The van der Waals surface area contributed by atoms with Crippen LogP contribution in [0.25, 0.3) is 44.0 Å². The van der Waals surface area contributed by atoms with Gasteiger partial charge in [0, 0.05) is 12.4 Å². The summed E-state index contributed by atoms with van der Waals surface area (Å²) in [6.07, 6.45) is 3.54. The zero-order valence-corrected chi connectivity index (χ0v) is 19.1. The molecule has 0 aliphatic heterocycles. The van der Waals surface area contributed by atoms with E-state index in [2.05, 4.69) is 69.9 Å². The minimum Gasteiger partial charge on any atom is -0.679 e. The van der Waals surface area contributed by atoms with Crippen LogP contribution < -0.4 is 0 Å². The first-order valence-electron chi connectivity index (χ1n) is 10.4. The van der Waals surface area contributed by atoms with Crippen molar-refractivity contribution in [1.29, 1.82) is 0 Å². The van der Waals surface area contributed by atoms with Gasteiger partial charge in [0.15, 0.2) is 0 Å². The van der Waals surface area contributed by atoms with Crippen molar-refractivity contribution in [3.8, 4) is 11.4 Å². The summed E-state index contributed by atoms with van der Waals surface area (Å²) < 4.78 is 0. The number of aromatic nitrogens is 2. The van der Waals surface area contributed by atoms with E-state index in [1.165, 1.54) is 27.1 Å². The van der Waals surface area contributed by atoms with E-state index in [4.69, 9.17) is 5.73 Å². The number of hydrogen-bond acceptors (Lipinski definition) is 2. The first-order chi connectivity index (χ1) is 15.4. The molecule has 162 valence electrons. The zero-order valence-electron chi connectivity index (χ0n) is 17.6. The van der Waals surface area contributed by atoms with E-state index in [-0.39, 0.29) is 20.4 Å². The maximum absolute atomic E-state index is 7.20. The summed E-state index contributed by atoms with van der Waals surface area (Å²) in [5.41, 5.74) is 10.3. The van der Waals surface area contributed by atoms with Gasteiger partial charge in [0.1, 0.15) is 0 Å². The van der Waals surface area contributed by atoms with Gasteiger partial charge in [-0.2, -0.15) is 13.1 Å². The number of rotatable bonds is 5. The standard InChI is InChI=1S/C17H16N2.C10H8N2.Pd/c18-9-10-19-12-17-15-7-3-1-5-13(15)11-14-6-2-4-8-16(14)17;1-3-7-11-9(5-1)10-6-2-4-8-12-10;/h1-8,11,18H,9-10,12H2;1-8H;/q-2;;+2. The quantitative estimate of drug-likeness (QED) is 0.144. The summed E-state index contributed by atoms with van der Waals surface area (Å²) in [5.74, 6) is 0. The number of nitrogens with zero attached hydrogens (tertiary/aromatic N) is 3. The molecule has 2 heterocycles. The van der Waals surface area contributed by atoms with Gasteiger partial charge in [-0.3, -0.25) is 9.97 Å². The topological polar surface area (TPSA) is 63.7 Å². The van der Waals surface area contributed by atoms with Crippen molar-refractivity contribution in [3.05, 3.63) is 120 Å². The smallest absolute Gasteiger partial charge is 0.679 e. The summed E-state index contributed by atoms with van der Waals surface area (Å²) in [6, 6.07) is 30.7. The number of benzene rings is 3. The molecule has 0 saturated carbocycles. The molecule has 0 unspecified atom stereocenters. The van der Waals surface area contributed by atoms with E-state index >= 15 is 0 Å². The van der Waals surface area contributed by atoms with Crippen LogP contribution in [0.2, 0.25) is 0 Å². The Morgan fingerprint density at radius 2 is 1.16 bits per heavy atom. The van der Waals surface area contributed by atoms with Crippen LogP contribution in [0.15, 0.2) is 103 Å². The van der Waals surface area contributed by atoms with Gasteiger partial charge in [0.05, 0.1) is 11.4 Å². The van der Waals surface area contributed by atoms with Crippen molar-refractivity contribution < 1.29 is 20.4 Å². The summed E-state index contributed by atoms with van der Waals surface area (Å²) in [4.78, 5) is 8.37. The molecule has 5 rings (SSSR count). The molecule has 0 fully saturated rings. The van der Waals surface area contributed by atoms with Crippen LogP contribution >= 0.6 is 0 Å². The molecule has 0 bridgehead atoms. The third kappa shape index (κ3) is 5.85. The van der Waals surface area contributed by atoms with Crippen LogP contribution in [-0.2, 0) is 27.0 Å². The number of pyridine rings is 2. The molecule has 5 aromatic rings. The molecule has 1 N–H and O–H groups in total. The van der Waals surface area contributed by atoms with Crippen molar-refractivity contribution >= 4 is 21.5 Å². The molecular weight excluding hydrogens is 487 g/mol. The number of nitrogens with one attached hydrogen (secondary N) is 1. The van der Waals surface area contributed by atoms with Crippen LogP contribution in [0.5, 0.6) is 0 Å². The van der Waals surface area contributed by atoms with Crippen LogP contribution in [0.1, 0.15) is 5.56 Å². The minimum atomic E-state index is 0. The summed E-state index contributed by atoms with van der Waals surface area (Å²) in [5, 5.41) is 9.54. The van der Waals surface area contributed by atoms with Crippen LogP contribution in [0, 0.1) is 0 Å². The Balaban J connectivity index is 0.000000193. The maximum atomic E-state index is 7.20. The molecule has 0 aliphatic carbocycles. The molecule has 32 heavy (non-hydrogen) atoms. The van der Waals surface area contributed by atoms with Crippen LogP contribution in [0.4, 0.5) is 0 Å². The van der Waals surface area contributed by atoms with Gasteiger partial charge in [-0.05, 0) is 51.9 Å². The van der Waals surface area contributed by atoms with Gasteiger partial charge in [-0.25, -0.2) is 0 Å². The van der Waals surface area contributed by atoms with Crippen molar-refractivity contribution in [1.82, 2.24) is 9.97 Å². The molecule has 0 saturated heterocycles. The minimum absolute atomic E-state index is 0. The van der Waals surface area contributed by atoms with E-state index in [1.807, 2.05) is 36.4 Å². The van der Waals surface area contributed by atoms with Crippen LogP contribution in [-0.4, -0.2) is 23.1 Å². The molecule has 5 heteroatoms. The van der Waals surface area contributed by atoms with Crippen molar-refractivity contribution in [2.45, 2.75) is 6.54 Å². The molecule has 0 amide bonds. The fourth-order valence-electron chi connectivity index (χ4n) is 3.58. The fraction of sp³-hybridized carbons (Fsp3) is 0.111. The van der Waals surface area contributed by atoms with Crippen molar-refractivity contribution in [2.75, 3.05) is 13.1 Å². The number of fused-ring (bicyclic) bond motifs is 2. The Bertz CT molecular complexity index is 1150. The van der Waals surface area contributed by atoms with Gasteiger partial charge in [-0.1, -0.05) is 66.2 Å². The Morgan fingerprint density at radius 1 is 0.656 bits per heavy atom. The average Bonchev–Trinajstić information content (AvgIpc) is 2.85. The predicted molar refractivity (Wildman–Crippen MR) is 130 cm³/mol. The predicted octanol–water partition coefficient (Wildman–Crippen LogP) is 7.06. The second-order valence-electron chi connectivity index (χ2n) is 7.08. The van der Waals surface area contributed by atoms with Crippen molar-refractivity contribution in [2.24, 2.45) is 0 Å². The zero-order chi connectivity index (χ0) is 21.3. The molecule has 0 aliphatic rings. The van der Waals surface area contributed by atoms with E-state index < -0.39 is 0 Å². The van der Waals surface area contributed by atoms with Gasteiger partial charge >= 0.3 is 20.4 Å². The third-order valence-corrected chi connectivity index (χ3v) is 5.01. The largest absolute Gasteiger partial charge is 2.00 e. The van der Waals surface area contributed by atoms with Gasteiger partial charge < -0.3 is 11.1 Å². The summed E-state index contributed by atoms with van der Waals surface area (Å²) >= 11 is 0. The maximum Gasteiger partial charge on any atom is 2.00 e. The molecule has 0 atom stereocenters. The van der Waals surface area contributed by atoms with Crippen molar-refractivity contribution in [3.63, 3.8) is 0 Å². The average molecular weight is 511 g/mol. The van der Waals surface area contributed by atoms with Gasteiger partial charge in [0.2, 0.25) is 0 Å². The third-order valence-electron chi connectivity index (χ3n) is 5.01. The second-order valence-corrected chi connectivity index (χ2v) is 7.08. The first-order valence-corrected chi connectivity index (χ1v) is 10.4. The van der Waals surface area contributed by atoms with E-state index in [0.29, 0.717) is 19.6 Å². The summed E-state index contributed by atoms with van der Waals surface area (Å²) in [7, 11) is 0. The van der Waals surface area contributed by atoms with E-state index in [9.17, 15) is 0 Å². The molecule has 0 radical (unpaired) electrons. The van der Waals surface area contributed by atoms with Gasteiger partial charge in [0.25, 0.3) is 0 Å². The second kappa shape index (κ2) is 12.2. The normalized spacial score (nSPS) is 10.3. The first kappa shape index (κ1) is 23.7. The molecule has 4 nitrogen and oxygen atoms in total. The Morgan fingerprint density at radius 3 is 1.62 bits per heavy atom. The monoisotopic (exact) mass is 510 g/mol. The molecule has 0 spiro atoms.